The number of anilines is 1. The topological polar surface area (TPSA) is 58.2 Å². The van der Waals surface area contributed by atoms with Gasteiger partial charge in [-0.3, -0.25) is 9.00 Å². The second kappa shape index (κ2) is 6.00. The molecule has 0 saturated carbocycles. The molecule has 1 heterocycles. The van der Waals surface area contributed by atoms with E-state index in [4.69, 9.17) is 0 Å². The molecule has 0 aromatic heterocycles. The molecule has 1 aliphatic heterocycles. The summed E-state index contributed by atoms with van der Waals surface area (Å²) in [5.41, 5.74) is 2.10. The number of benzene rings is 1. The van der Waals surface area contributed by atoms with E-state index in [2.05, 4.69) is 10.6 Å². The van der Waals surface area contributed by atoms with Crippen LogP contribution in [0.2, 0.25) is 0 Å². The summed E-state index contributed by atoms with van der Waals surface area (Å²) in [6, 6.07) is 7.90. The van der Waals surface area contributed by atoms with E-state index in [9.17, 15) is 9.00 Å². The normalized spacial score (nSPS) is 19.5. The van der Waals surface area contributed by atoms with Crippen molar-refractivity contribution in [2.24, 2.45) is 0 Å². The third-order valence-corrected chi connectivity index (χ3v) is 3.87. The van der Waals surface area contributed by atoms with Gasteiger partial charge in [-0.05, 0) is 18.1 Å². The lowest BCUT2D eigenvalue weighted by Gasteiger charge is -2.25. The second-order valence-corrected chi connectivity index (χ2v) is 5.98. The molecule has 1 aliphatic rings. The number of para-hydroxylation sites is 1. The zero-order chi connectivity index (χ0) is 13.0. The molecule has 0 bridgehead atoms. The Hall–Kier alpha value is -1.36. The molecule has 2 atom stereocenters. The smallest absolute Gasteiger partial charge is 0.227 e. The van der Waals surface area contributed by atoms with Crippen LogP contribution in [0.1, 0.15) is 17.9 Å². The van der Waals surface area contributed by atoms with Crippen LogP contribution in [0.15, 0.2) is 24.3 Å². The maximum Gasteiger partial charge on any atom is 0.227 e. The number of rotatable bonds is 4. The second-order valence-electron chi connectivity index (χ2n) is 4.42. The fourth-order valence-electron chi connectivity index (χ4n) is 2.18. The van der Waals surface area contributed by atoms with E-state index in [1.54, 1.807) is 6.26 Å². The average molecular weight is 266 g/mol. The van der Waals surface area contributed by atoms with E-state index in [1.165, 1.54) is 0 Å². The molecule has 5 heteroatoms. The van der Waals surface area contributed by atoms with Crippen molar-refractivity contribution in [1.29, 1.82) is 0 Å². The number of nitrogens with one attached hydrogen (secondary N) is 2. The SMILES string of the molecule is CS(=O)CCNC(=O)C1CCNc2ccccc21. The molecule has 0 spiro atoms. The third-order valence-electron chi connectivity index (χ3n) is 3.09. The molecule has 4 nitrogen and oxygen atoms in total. The first-order valence-corrected chi connectivity index (χ1v) is 7.81. The van der Waals surface area contributed by atoms with Crippen LogP contribution >= 0.6 is 0 Å². The van der Waals surface area contributed by atoms with Crippen LogP contribution in [0.4, 0.5) is 5.69 Å². The highest BCUT2D eigenvalue weighted by atomic mass is 32.2. The van der Waals surface area contributed by atoms with Crippen molar-refractivity contribution in [2.75, 3.05) is 30.4 Å². The highest BCUT2D eigenvalue weighted by molar-refractivity contribution is 7.84. The van der Waals surface area contributed by atoms with Gasteiger partial charge in [-0.1, -0.05) is 18.2 Å². The van der Waals surface area contributed by atoms with Crippen LogP contribution in [0.3, 0.4) is 0 Å². The van der Waals surface area contributed by atoms with Crippen molar-refractivity contribution in [3.8, 4) is 0 Å². The minimum Gasteiger partial charge on any atom is -0.385 e. The Morgan fingerprint density at radius 3 is 3.06 bits per heavy atom. The summed E-state index contributed by atoms with van der Waals surface area (Å²) < 4.78 is 10.9. The van der Waals surface area contributed by atoms with Gasteiger partial charge in [-0.2, -0.15) is 0 Å². The number of fused-ring (bicyclic) bond motifs is 1. The highest BCUT2D eigenvalue weighted by Gasteiger charge is 2.25. The van der Waals surface area contributed by atoms with Gasteiger partial charge in [0.2, 0.25) is 5.91 Å². The lowest BCUT2D eigenvalue weighted by atomic mass is 9.90. The zero-order valence-electron chi connectivity index (χ0n) is 10.4. The van der Waals surface area contributed by atoms with E-state index in [-0.39, 0.29) is 11.8 Å². The Morgan fingerprint density at radius 1 is 1.50 bits per heavy atom. The van der Waals surface area contributed by atoms with Gasteiger partial charge in [0.25, 0.3) is 0 Å². The first-order chi connectivity index (χ1) is 8.68. The molecule has 18 heavy (non-hydrogen) atoms. The Bertz CT molecular complexity index is 462. The molecule has 2 rings (SSSR count). The van der Waals surface area contributed by atoms with Crippen LogP contribution in [0.5, 0.6) is 0 Å². The summed E-state index contributed by atoms with van der Waals surface area (Å²) in [6.45, 7) is 1.29. The summed E-state index contributed by atoms with van der Waals surface area (Å²) in [7, 11) is -0.859. The molecule has 2 unspecified atom stereocenters. The van der Waals surface area contributed by atoms with Crippen LogP contribution in [-0.4, -0.2) is 35.2 Å². The molecule has 0 saturated heterocycles. The Balaban J connectivity index is 2.01. The van der Waals surface area contributed by atoms with Crippen molar-refractivity contribution in [1.82, 2.24) is 5.32 Å². The predicted molar refractivity (Wildman–Crippen MR) is 74.2 cm³/mol. The third kappa shape index (κ3) is 3.10. The number of carbonyl (C=O) groups is 1. The Morgan fingerprint density at radius 2 is 2.28 bits per heavy atom. The first-order valence-electron chi connectivity index (χ1n) is 6.09. The zero-order valence-corrected chi connectivity index (χ0v) is 11.3. The van der Waals surface area contributed by atoms with Crippen molar-refractivity contribution < 1.29 is 9.00 Å². The Kier molecular flexibility index (Phi) is 4.36. The van der Waals surface area contributed by atoms with Crippen molar-refractivity contribution >= 4 is 22.4 Å². The predicted octanol–water partition coefficient (Wildman–Crippen LogP) is 1.08. The monoisotopic (exact) mass is 266 g/mol. The number of hydrogen-bond donors (Lipinski definition) is 2. The maximum atomic E-state index is 12.1. The largest absolute Gasteiger partial charge is 0.385 e. The van der Waals surface area contributed by atoms with E-state index in [1.807, 2.05) is 24.3 Å². The molecular formula is C13H18N2O2S. The molecular weight excluding hydrogens is 248 g/mol. The fourth-order valence-corrected chi connectivity index (χ4v) is 2.57. The van der Waals surface area contributed by atoms with Gasteiger partial charge in [0.05, 0.1) is 5.92 Å². The molecule has 2 N–H and O–H groups in total. The number of carbonyl (C=O) groups excluding carboxylic acids is 1. The maximum absolute atomic E-state index is 12.1. The first kappa shape index (κ1) is 13.1. The Labute approximate surface area is 110 Å². The molecule has 0 aliphatic carbocycles. The molecule has 0 radical (unpaired) electrons. The quantitative estimate of drug-likeness (QED) is 0.857. The van der Waals surface area contributed by atoms with Crippen molar-refractivity contribution in [3.05, 3.63) is 29.8 Å². The molecule has 1 amide bonds. The van der Waals surface area contributed by atoms with Gasteiger partial charge in [0.1, 0.15) is 0 Å². The van der Waals surface area contributed by atoms with E-state index in [0.29, 0.717) is 12.3 Å². The van der Waals surface area contributed by atoms with Crippen LogP contribution in [0, 0.1) is 0 Å². The lowest BCUT2D eigenvalue weighted by molar-refractivity contribution is -0.122. The van der Waals surface area contributed by atoms with Gasteiger partial charge in [0.15, 0.2) is 0 Å². The average Bonchev–Trinajstić information content (AvgIpc) is 2.37. The lowest BCUT2D eigenvalue weighted by Crippen LogP contribution is -2.35. The van der Waals surface area contributed by atoms with E-state index in [0.717, 1.165) is 24.2 Å². The standard InChI is InChI=1S/C13H18N2O2S/c1-18(17)9-8-15-13(16)11-6-7-14-12-5-3-2-4-10(11)12/h2-5,11,14H,6-9H2,1H3,(H,15,16). The van der Waals surface area contributed by atoms with Gasteiger partial charge in [0, 0.05) is 41.6 Å². The van der Waals surface area contributed by atoms with Crippen LogP contribution in [-0.2, 0) is 15.6 Å². The summed E-state index contributed by atoms with van der Waals surface area (Å²) in [4.78, 5) is 12.1. The fraction of sp³-hybridized carbons (Fsp3) is 0.462. The van der Waals surface area contributed by atoms with Crippen LogP contribution in [0.25, 0.3) is 0 Å². The van der Waals surface area contributed by atoms with Crippen LogP contribution < -0.4 is 10.6 Å². The highest BCUT2D eigenvalue weighted by Crippen LogP contribution is 2.31. The van der Waals surface area contributed by atoms with E-state index >= 15 is 0 Å². The summed E-state index contributed by atoms with van der Waals surface area (Å²) in [6.07, 6.45) is 2.45. The minimum absolute atomic E-state index is 0.0365. The summed E-state index contributed by atoms with van der Waals surface area (Å²) in [5.74, 6) is 0.459. The molecule has 98 valence electrons. The van der Waals surface area contributed by atoms with Gasteiger partial charge < -0.3 is 10.6 Å². The van der Waals surface area contributed by atoms with Gasteiger partial charge in [-0.25, -0.2) is 0 Å². The van der Waals surface area contributed by atoms with Gasteiger partial charge >= 0.3 is 0 Å². The molecule has 1 aromatic rings. The van der Waals surface area contributed by atoms with Crippen molar-refractivity contribution in [3.63, 3.8) is 0 Å². The van der Waals surface area contributed by atoms with E-state index < -0.39 is 10.8 Å². The number of hydrogen-bond acceptors (Lipinski definition) is 3. The molecule has 0 fully saturated rings. The van der Waals surface area contributed by atoms with Gasteiger partial charge in [-0.15, -0.1) is 0 Å². The van der Waals surface area contributed by atoms with Crippen molar-refractivity contribution in [2.45, 2.75) is 12.3 Å². The summed E-state index contributed by atoms with van der Waals surface area (Å²) in [5, 5.41) is 6.16. The molecule has 1 aromatic carbocycles. The number of amides is 1. The minimum atomic E-state index is -0.859. The summed E-state index contributed by atoms with van der Waals surface area (Å²) >= 11 is 0.